The molecule has 3 rings (SSSR count). The van der Waals surface area contributed by atoms with Gasteiger partial charge in [-0.1, -0.05) is 41.9 Å². The standard InChI is InChI=1S/C23H22ClN3O2S/c1-17-6-5-9-21(14-17)28-12-13-29-22-11-10-19(24)15-18(22)16-25-27-23(30)26-20-7-3-2-4-8-20/h2-11,14-16H,12-13H2,1H3,(H2,26,27,30). The third-order valence-corrected chi connectivity index (χ3v) is 4.40. The van der Waals surface area contributed by atoms with Gasteiger partial charge in [0.25, 0.3) is 0 Å². The maximum atomic E-state index is 6.12. The molecule has 0 saturated heterocycles. The number of nitrogens with zero attached hydrogens (tertiary/aromatic N) is 1. The lowest BCUT2D eigenvalue weighted by atomic mass is 10.2. The monoisotopic (exact) mass is 439 g/mol. The molecule has 0 aliphatic heterocycles. The Kier molecular flexibility index (Phi) is 8.06. The summed E-state index contributed by atoms with van der Waals surface area (Å²) in [6.07, 6.45) is 1.61. The molecule has 30 heavy (non-hydrogen) atoms. The number of para-hydroxylation sites is 1. The number of benzene rings is 3. The van der Waals surface area contributed by atoms with E-state index in [1.165, 1.54) is 0 Å². The van der Waals surface area contributed by atoms with E-state index in [2.05, 4.69) is 15.8 Å². The molecule has 0 bridgehead atoms. The van der Waals surface area contributed by atoms with Crippen LogP contribution in [0.4, 0.5) is 5.69 Å². The van der Waals surface area contributed by atoms with E-state index in [0.717, 1.165) is 22.6 Å². The van der Waals surface area contributed by atoms with E-state index in [0.29, 0.717) is 29.1 Å². The number of ether oxygens (including phenoxy) is 2. The summed E-state index contributed by atoms with van der Waals surface area (Å²) in [4.78, 5) is 0. The van der Waals surface area contributed by atoms with Gasteiger partial charge in [-0.05, 0) is 67.2 Å². The first-order valence-corrected chi connectivity index (χ1v) is 10.2. The zero-order valence-corrected chi connectivity index (χ0v) is 18.0. The predicted octanol–water partition coefficient (Wildman–Crippen LogP) is 5.43. The maximum absolute atomic E-state index is 6.12. The number of thiocarbonyl (C=S) groups is 1. The average Bonchev–Trinajstić information content (AvgIpc) is 2.73. The van der Waals surface area contributed by atoms with Crippen LogP contribution in [0.5, 0.6) is 11.5 Å². The van der Waals surface area contributed by atoms with Crippen LogP contribution in [0, 0.1) is 6.92 Å². The van der Waals surface area contributed by atoms with Crippen molar-refractivity contribution in [1.82, 2.24) is 5.43 Å². The molecule has 0 aliphatic rings. The highest BCUT2D eigenvalue weighted by Gasteiger charge is 2.04. The molecule has 0 heterocycles. The van der Waals surface area contributed by atoms with Crippen molar-refractivity contribution in [1.29, 1.82) is 0 Å². The fraction of sp³-hybridized carbons (Fsp3) is 0.130. The summed E-state index contributed by atoms with van der Waals surface area (Å²) < 4.78 is 11.6. The smallest absolute Gasteiger partial charge is 0.191 e. The predicted molar refractivity (Wildman–Crippen MR) is 127 cm³/mol. The lowest BCUT2D eigenvalue weighted by Gasteiger charge is -2.11. The summed E-state index contributed by atoms with van der Waals surface area (Å²) in [6, 6.07) is 22.9. The number of hydrogen-bond acceptors (Lipinski definition) is 4. The van der Waals surface area contributed by atoms with Crippen molar-refractivity contribution in [2.45, 2.75) is 6.92 Å². The lowest BCUT2D eigenvalue weighted by molar-refractivity contribution is 0.217. The fourth-order valence-electron chi connectivity index (χ4n) is 2.61. The summed E-state index contributed by atoms with van der Waals surface area (Å²) in [5, 5.41) is 8.20. The minimum absolute atomic E-state index is 0.383. The molecule has 7 heteroatoms. The van der Waals surface area contributed by atoms with Gasteiger partial charge in [0.15, 0.2) is 5.11 Å². The minimum Gasteiger partial charge on any atom is -0.490 e. The molecule has 0 amide bonds. The summed E-state index contributed by atoms with van der Waals surface area (Å²) in [7, 11) is 0. The SMILES string of the molecule is Cc1cccc(OCCOc2ccc(Cl)cc2C=NNC(=S)Nc2ccccc2)c1. The largest absolute Gasteiger partial charge is 0.490 e. The van der Waals surface area contributed by atoms with Crippen LogP contribution in [0.2, 0.25) is 5.02 Å². The summed E-state index contributed by atoms with van der Waals surface area (Å²) in [5.74, 6) is 1.47. The molecule has 0 atom stereocenters. The molecule has 2 N–H and O–H groups in total. The molecule has 3 aromatic rings. The number of halogens is 1. The van der Waals surface area contributed by atoms with Crippen molar-refractivity contribution in [3.8, 4) is 11.5 Å². The molecule has 0 unspecified atom stereocenters. The average molecular weight is 440 g/mol. The van der Waals surface area contributed by atoms with Crippen molar-refractivity contribution in [2.75, 3.05) is 18.5 Å². The third kappa shape index (κ3) is 7.06. The van der Waals surface area contributed by atoms with Gasteiger partial charge in [-0.3, -0.25) is 5.43 Å². The number of aryl methyl sites for hydroxylation is 1. The van der Waals surface area contributed by atoms with Crippen LogP contribution in [0.1, 0.15) is 11.1 Å². The summed E-state index contributed by atoms with van der Waals surface area (Å²) >= 11 is 11.4. The van der Waals surface area contributed by atoms with E-state index in [4.69, 9.17) is 33.3 Å². The maximum Gasteiger partial charge on any atom is 0.191 e. The van der Waals surface area contributed by atoms with Gasteiger partial charge < -0.3 is 14.8 Å². The number of rotatable bonds is 8. The van der Waals surface area contributed by atoms with Crippen LogP contribution in [0.25, 0.3) is 0 Å². The van der Waals surface area contributed by atoms with Crippen LogP contribution in [-0.2, 0) is 0 Å². The highest BCUT2D eigenvalue weighted by atomic mass is 35.5. The van der Waals surface area contributed by atoms with Crippen molar-refractivity contribution in [2.24, 2.45) is 5.10 Å². The van der Waals surface area contributed by atoms with Crippen LogP contribution in [0.3, 0.4) is 0 Å². The lowest BCUT2D eigenvalue weighted by Crippen LogP contribution is -2.23. The molecule has 0 spiro atoms. The first-order valence-electron chi connectivity index (χ1n) is 9.37. The normalized spacial score (nSPS) is 10.6. The van der Waals surface area contributed by atoms with E-state index < -0.39 is 0 Å². The second kappa shape index (κ2) is 11.2. The van der Waals surface area contributed by atoms with E-state index in [1.807, 2.05) is 61.5 Å². The van der Waals surface area contributed by atoms with Gasteiger partial charge in [-0.15, -0.1) is 0 Å². The highest BCUT2D eigenvalue weighted by Crippen LogP contribution is 2.21. The van der Waals surface area contributed by atoms with Gasteiger partial charge in [-0.2, -0.15) is 5.10 Å². The number of hydrazone groups is 1. The Hall–Kier alpha value is -3.09. The molecule has 3 aromatic carbocycles. The van der Waals surface area contributed by atoms with Crippen LogP contribution in [-0.4, -0.2) is 24.5 Å². The van der Waals surface area contributed by atoms with Crippen LogP contribution in [0.15, 0.2) is 77.9 Å². The Morgan fingerprint density at radius 1 is 1.00 bits per heavy atom. The first-order chi connectivity index (χ1) is 14.6. The number of nitrogens with one attached hydrogen (secondary N) is 2. The molecular formula is C23H22ClN3O2S. The minimum atomic E-state index is 0.383. The fourth-order valence-corrected chi connectivity index (χ4v) is 2.96. The van der Waals surface area contributed by atoms with Crippen molar-refractivity contribution < 1.29 is 9.47 Å². The van der Waals surface area contributed by atoms with Crippen LogP contribution < -0.4 is 20.2 Å². The Morgan fingerprint density at radius 3 is 2.60 bits per heavy atom. The van der Waals surface area contributed by atoms with E-state index in [1.54, 1.807) is 24.4 Å². The summed E-state index contributed by atoms with van der Waals surface area (Å²) in [6.45, 7) is 2.83. The molecule has 154 valence electrons. The summed E-state index contributed by atoms with van der Waals surface area (Å²) in [5.41, 5.74) is 5.55. The Balaban J connectivity index is 1.52. The van der Waals surface area contributed by atoms with Gasteiger partial charge in [-0.25, -0.2) is 0 Å². The van der Waals surface area contributed by atoms with E-state index in [9.17, 15) is 0 Å². The van der Waals surface area contributed by atoms with Gasteiger partial charge in [0.1, 0.15) is 24.7 Å². The molecule has 0 aliphatic carbocycles. The van der Waals surface area contributed by atoms with Gasteiger partial charge in [0.05, 0.1) is 6.21 Å². The quantitative estimate of drug-likeness (QED) is 0.212. The van der Waals surface area contributed by atoms with E-state index in [-0.39, 0.29) is 0 Å². The van der Waals surface area contributed by atoms with Crippen molar-refractivity contribution >= 4 is 40.8 Å². The molecule has 0 radical (unpaired) electrons. The molecule has 5 nitrogen and oxygen atoms in total. The molecule has 0 saturated carbocycles. The second-order valence-corrected chi connectivity index (χ2v) is 7.23. The Bertz CT molecular complexity index is 1010. The Labute approximate surface area is 186 Å². The van der Waals surface area contributed by atoms with Gasteiger partial charge in [0, 0.05) is 16.3 Å². The number of hydrogen-bond donors (Lipinski definition) is 2. The third-order valence-electron chi connectivity index (χ3n) is 3.97. The van der Waals surface area contributed by atoms with Crippen molar-refractivity contribution in [3.63, 3.8) is 0 Å². The van der Waals surface area contributed by atoms with Crippen LogP contribution >= 0.6 is 23.8 Å². The van der Waals surface area contributed by atoms with E-state index >= 15 is 0 Å². The molecule has 0 fully saturated rings. The van der Waals surface area contributed by atoms with Gasteiger partial charge >= 0.3 is 0 Å². The zero-order chi connectivity index (χ0) is 21.2. The Morgan fingerprint density at radius 2 is 1.80 bits per heavy atom. The first kappa shape index (κ1) is 21.6. The highest BCUT2D eigenvalue weighted by molar-refractivity contribution is 7.80. The second-order valence-electron chi connectivity index (χ2n) is 6.39. The molecule has 0 aromatic heterocycles. The molecular weight excluding hydrogens is 418 g/mol. The van der Waals surface area contributed by atoms with Gasteiger partial charge in [0.2, 0.25) is 0 Å². The zero-order valence-electron chi connectivity index (χ0n) is 16.5. The van der Waals surface area contributed by atoms with Crippen molar-refractivity contribution in [3.05, 3.63) is 88.9 Å². The topological polar surface area (TPSA) is 54.9 Å². The number of anilines is 1.